The van der Waals surface area contributed by atoms with E-state index >= 15 is 4.39 Å². The van der Waals surface area contributed by atoms with Crippen molar-refractivity contribution in [2.24, 2.45) is 9.98 Å². The van der Waals surface area contributed by atoms with Crippen LogP contribution in [0, 0.1) is 5.82 Å². The van der Waals surface area contributed by atoms with Gasteiger partial charge < -0.3 is 15.5 Å². The molecule has 2 fully saturated rings. The molecule has 1 aliphatic heterocycles. The molecule has 5 rings (SSSR count). The third-order valence-electron chi connectivity index (χ3n) is 5.31. The second-order valence-electron chi connectivity index (χ2n) is 7.96. The zero-order chi connectivity index (χ0) is 23.4. The highest BCUT2D eigenvalue weighted by Gasteiger charge is 2.31. The fourth-order valence-corrected chi connectivity index (χ4v) is 3.70. The van der Waals surface area contributed by atoms with Gasteiger partial charge in [-0.25, -0.2) is 13.8 Å². The first-order valence-corrected chi connectivity index (χ1v) is 11.0. The van der Waals surface area contributed by atoms with Crippen LogP contribution >= 0.6 is 11.6 Å². The van der Waals surface area contributed by atoms with Crippen LogP contribution in [-0.2, 0) is 4.79 Å². The Kier molecular flexibility index (Phi) is 7.02. The van der Waals surface area contributed by atoms with E-state index in [0.717, 1.165) is 0 Å². The lowest BCUT2D eigenvalue weighted by molar-refractivity contribution is -0.108. The average Bonchev–Trinajstić information content (AvgIpc) is 3.60. The maximum absolute atomic E-state index is 15.2. The summed E-state index contributed by atoms with van der Waals surface area (Å²) >= 11 is 6.40. The number of carbonyl (C=O) groups is 1. The number of nitrogens with one attached hydrogen (secondary N) is 3. The Labute approximate surface area is 194 Å². The average molecular weight is 476 g/mol. The summed E-state index contributed by atoms with van der Waals surface area (Å²) in [4.78, 5) is 20.4. The molecule has 174 valence electrons. The first-order valence-electron chi connectivity index (χ1n) is 10.7. The van der Waals surface area contributed by atoms with Crippen LogP contribution in [0.1, 0.15) is 37.7 Å². The molecule has 11 heteroatoms. The molecule has 2 heterocycles. The lowest BCUT2D eigenvalue weighted by Crippen LogP contribution is -2.37. The Morgan fingerprint density at radius 3 is 2.76 bits per heavy atom. The number of aromatic nitrogens is 2. The molecule has 3 aliphatic rings. The Bertz CT molecular complexity index is 1130. The molecule has 8 nitrogen and oxygen atoms in total. The number of anilines is 1. The van der Waals surface area contributed by atoms with Crippen LogP contribution in [0.3, 0.4) is 0 Å². The molecule has 3 N–H and O–H groups in total. The van der Waals surface area contributed by atoms with E-state index in [1.54, 1.807) is 23.5 Å². The highest BCUT2D eigenvalue weighted by molar-refractivity contribution is 6.34. The second-order valence-corrected chi connectivity index (χ2v) is 8.34. The number of hydrogen-bond acceptors (Lipinski definition) is 6. The number of aromatic amines is 1. The summed E-state index contributed by atoms with van der Waals surface area (Å²) in [5, 5.41) is 12.7. The molecular weight excluding hydrogens is 452 g/mol. The molecule has 2 aliphatic carbocycles. The summed E-state index contributed by atoms with van der Waals surface area (Å²) in [6.07, 6.45) is 11.1. The molecule has 0 radical (unpaired) electrons. The minimum absolute atomic E-state index is 0.121. The van der Waals surface area contributed by atoms with Crippen molar-refractivity contribution >= 4 is 53.2 Å². The van der Waals surface area contributed by atoms with Gasteiger partial charge in [0.15, 0.2) is 5.82 Å². The van der Waals surface area contributed by atoms with Crippen molar-refractivity contribution in [3.05, 3.63) is 40.8 Å². The minimum Gasteiger partial charge on any atom is -0.378 e. The first kappa shape index (κ1) is 22.9. The zero-order valence-corrected chi connectivity index (χ0v) is 18.6. The molecule has 0 unspecified atom stereocenters. The number of alkyl halides is 1. The number of amides is 1. The van der Waals surface area contributed by atoms with Gasteiger partial charge in [-0.15, -0.1) is 0 Å². The smallest absolute Gasteiger partial charge is 0.212 e. The normalized spacial score (nSPS) is 21.5. The van der Waals surface area contributed by atoms with Gasteiger partial charge in [-0.3, -0.25) is 14.9 Å². The van der Waals surface area contributed by atoms with E-state index in [1.165, 1.54) is 25.5 Å². The number of benzene rings is 1. The summed E-state index contributed by atoms with van der Waals surface area (Å²) in [6, 6.07) is -0.161. The number of halogens is 3. The van der Waals surface area contributed by atoms with E-state index < -0.39 is 12.0 Å². The molecular formula is C22H24ClF2N7O. The molecule has 0 spiro atoms. The second kappa shape index (κ2) is 10.1. The first-order chi connectivity index (χ1) is 16.0. The van der Waals surface area contributed by atoms with E-state index in [0.29, 0.717) is 48.0 Å². The van der Waals surface area contributed by atoms with Crippen molar-refractivity contribution in [3.8, 4) is 0 Å². The van der Waals surface area contributed by atoms with Gasteiger partial charge in [0.1, 0.15) is 12.0 Å². The van der Waals surface area contributed by atoms with E-state index in [2.05, 4.69) is 37.5 Å². The summed E-state index contributed by atoms with van der Waals surface area (Å²) in [5.74, 6) is -0.418. The van der Waals surface area contributed by atoms with Crippen LogP contribution < -0.4 is 10.6 Å². The van der Waals surface area contributed by atoms with Crippen LogP contribution in [0.15, 0.2) is 34.4 Å². The Balaban J connectivity index is 0.000000799. The van der Waals surface area contributed by atoms with Crippen molar-refractivity contribution in [2.45, 2.75) is 44.3 Å². The number of aliphatic imine (C=N–C) groups is 2. The molecule has 2 aromatic rings. The monoisotopic (exact) mass is 475 g/mol. The lowest BCUT2D eigenvalue weighted by Gasteiger charge is -2.31. The standard InChI is InChI=1S/C19H18ClF2N7O.C3H6/c1-23-14(25-9-30)8-29-3-2-24-13(7-29)15-12-6-26-28-18(12)19(17(22)16(15)20)27-11-4-10(21)5-11;1-2-3-1/h2,6-11,27H,1,3-5H2,(H,25,30)(H,26,28);1-3H2/b14-8+;. The number of fused-ring (bicyclic) bond motifs is 1. The van der Waals surface area contributed by atoms with Crippen LogP contribution in [0.4, 0.5) is 14.5 Å². The third-order valence-corrected chi connectivity index (χ3v) is 5.66. The molecule has 33 heavy (non-hydrogen) atoms. The minimum atomic E-state index is -0.873. The zero-order valence-electron chi connectivity index (χ0n) is 17.8. The van der Waals surface area contributed by atoms with Crippen LogP contribution in [0.25, 0.3) is 16.6 Å². The number of hydrogen-bond donors (Lipinski definition) is 3. The highest BCUT2D eigenvalue weighted by atomic mass is 35.5. The van der Waals surface area contributed by atoms with Crippen molar-refractivity contribution in [1.82, 2.24) is 20.4 Å². The summed E-state index contributed by atoms with van der Waals surface area (Å²) in [7, 11) is 0. The van der Waals surface area contributed by atoms with Gasteiger partial charge in [-0.2, -0.15) is 5.10 Å². The van der Waals surface area contributed by atoms with Gasteiger partial charge in [-0.1, -0.05) is 30.9 Å². The van der Waals surface area contributed by atoms with Gasteiger partial charge in [0, 0.05) is 35.6 Å². The van der Waals surface area contributed by atoms with Gasteiger partial charge in [0.05, 0.1) is 34.7 Å². The molecule has 0 saturated heterocycles. The molecule has 1 aromatic carbocycles. The van der Waals surface area contributed by atoms with Gasteiger partial charge >= 0.3 is 0 Å². The molecule has 0 atom stereocenters. The number of nitrogens with zero attached hydrogens (tertiary/aromatic N) is 4. The highest BCUT2D eigenvalue weighted by Crippen LogP contribution is 2.41. The van der Waals surface area contributed by atoms with Crippen molar-refractivity contribution < 1.29 is 13.6 Å². The largest absolute Gasteiger partial charge is 0.378 e. The summed E-state index contributed by atoms with van der Waals surface area (Å²) < 4.78 is 28.4. The number of rotatable bonds is 7. The van der Waals surface area contributed by atoms with Crippen molar-refractivity contribution in [2.75, 3.05) is 11.9 Å². The topological polar surface area (TPSA) is 97.8 Å². The SMILES string of the molecule is C1CC1.C=N/C(=C\N1C=C(c2c(Cl)c(F)c(NC3CC(F)C3)c3[nH]ncc23)N=CC1)NC=O. The third kappa shape index (κ3) is 5.22. The van der Waals surface area contributed by atoms with Crippen LogP contribution in [0.5, 0.6) is 0 Å². The Morgan fingerprint density at radius 2 is 2.12 bits per heavy atom. The lowest BCUT2D eigenvalue weighted by atomic mass is 9.90. The molecule has 1 amide bonds. The van der Waals surface area contributed by atoms with E-state index in [4.69, 9.17) is 11.6 Å². The van der Waals surface area contributed by atoms with Crippen LogP contribution in [-0.4, -0.2) is 53.2 Å². The maximum Gasteiger partial charge on any atom is 0.212 e. The Morgan fingerprint density at radius 1 is 1.36 bits per heavy atom. The Hall–Kier alpha value is -3.27. The van der Waals surface area contributed by atoms with E-state index in [1.807, 2.05) is 0 Å². The fourth-order valence-electron chi connectivity index (χ4n) is 3.41. The molecule has 2 saturated carbocycles. The quantitative estimate of drug-likeness (QED) is 0.409. The maximum atomic E-state index is 15.2. The fraction of sp³-hybridized carbons (Fsp3) is 0.364. The van der Waals surface area contributed by atoms with Gasteiger partial charge in [0.2, 0.25) is 6.41 Å². The van der Waals surface area contributed by atoms with Crippen molar-refractivity contribution in [3.63, 3.8) is 0 Å². The summed E-state index contributed by atoms with van der Waals surface area (Å²) in [5.41, 5.74) is 1.36. The van der Waals surface area contributed by atoms with E-state index in [-0.39, 0.29) is 22.6 Å². The summed E-state index contributed by atoms with van der Waals surface area (Å²) in [6.45, 7) is 3.80. The van der Waals surface area contributed by atoms with E-state index in [9.17, 15) is 9.18 Å². The predicted octanol–water partition coefficient (Wildman–Crippen LogP) is 4.37. The molecule has 1 aromatic heterocycles. The van der Waals surface area contributed by atoms with Gasteiger partial charge in [-0.05, 0) is 19.6 Å². The predicted molar refractivity (Wildman–Crippen MR) is 126 cm³/mol. The number of H-pyrrole nitrogens is 1. The van der Waals surface area contributed by atoms with Crippen LogP contribution in [0.2, 0.25) is 5.02 Å². The number of carbonyl (C=O) groups excluding carboxylic acids is 1. The van der Waals surface area contributed by atoms with Gasteiger partial charge in [0.25, 0.3) is 0 Å². The van der Waals surface area contributed by atoms with Crippen molar-refractivity contribution in [1.29, 1.82) is 0 Å². The molecule has 0 bridgehead atoms.